The first kappa shape index (κ1) is 20.6. The fourth-order valence-corrected chi connectivity index (χ4v) is 4.89. The molecule has 6 nitrogen and oxygen atoms in total. The highest BCUT2D eigenvalue weighted by atomic mass is 32.2. The largest absolute Gasteiger partial charge is 0.379 e. The summed E-state index contributed by atoms with van der Waals surface area (Å²) >= 11 is 1.55. The number of morpholine rings is 1. The van der Waals surface area contributed by atoms with Gasteiger partial charge >= 0.3 is 0 Å². The number of para-hydroxylation sites is 1. The minimum Gasteiger partial charge on any atom is -0.379 e. The Morgan fingerprint density at radius 3 is 2.48 bits per heavy atom. The van der Waals surface area contributed by atoms with E-state index in [0.717, 1.165) is 80.5 Å². The third-order valence-corrected chi connectivity index (χ3v) is 6.60. The Morgan fingerprint density at radius 2 is 1.69 bits per heavy atom. The number of fused-ring (bicyclic) bond motifs is 1. The zero-order chi connectivity index (χ0) is 19.9. The predicted octanol–water partition coefficient (Wildman–Crippen LogP) is 3.35. The van der Waals surface area contributed by atoms with Gasteiger partial charge in [-0.1, -0.05) is 49.2 Å². The summed E-state index contributed by atoms with van der Waals surface area (Å²) in [7, 11) is 0. The molecule has 2 aliphatic rings. The van der Waals surface area contributed by atoms with E-state index in [2.05, 4.69) is 11.0 Å². The van der Waals surface area contributed by atoms with E-state index in [9.17, 15) is 4.79 Å². The Kier molecular flexibility index (Phi) is 7.35. The van der Waals surface area contributed by atoms with E-state index in [-0.39, 0.29) is 5.91 Å². The van der Waals surface area contributed by atoms with E-state index in [1.807, 2.05) is 23.1 Å². The van der Waals surface area contributed by atoms with Crippen molar-refractivity contribution in [3.63, 3.8) is 0 Å². The van der Waals surface area contributed by atoms with E-state index in [1.54, 1.807) is 11.8 Å². The van der Waals surface area contributed by atoms with Crippen molar-refractivity contribution in [1.29, 1.82) is 0 Å². The smallest absolute Gasteiger partial charge is 0.232 e. The quantitative estimate of drug-likeness (QED) is 0.552. The van der Waals surface area contributed by atoms with Gasteiger partial charge < -0.3 is 9.64 Å². The molecule has 0 saturated carbocycles. The highest BCUT2D eigenvalue weighted by Gasteiger charge is 2.18. The van der Waals surface area contributed by atoms with Crippen LogP contribution in [0.3, 0.4) is 0 Å². The summed E-state index contributed by atoms with van der Waals surface area (Å²) in [6.45, 7) is 5.86. The molecule has 0 atom stereocenters. The van der Waals surface area contributed by atoms with Crippen molar-refractivity contribution in [2.45, 2.75) is 43.7 Å². The molecule has 7 heteroatoms. The highest BCUT2D eigenvalue weighted by molar-refractivity contribution is 8.00. The van der Waals surface area contributed by atoms with Gasteiger partial charge in [-0.25, -0.2) is 9.97 Å². The summed E-state index contributed by atoms with van der Waals surface area (Å²) in [6.07, 6.45) is 6.01. The molecular weight excluding hydrogens is 384 g/mol. The second-order valence-electron chi connectivity index (χ2n) is 7.79. The Labute approximate surface area is 177 Å². The molecule has 29 heavy (non-hydrogen) atoms. The summed E-state index contributed by atoms with van der Waals surface area (Å²) in [4.78, 5) is 26.8. The van der Waals surface area contributed by atoms with Gasteiger partial charge in [0.25, 0.3) is 0 Å². The number of benzene rings is 1. The number of ether oxygens (including phenoxy) is 1. The molecule has 156 valence electrons. The molecule has 0 aliphatic carbocycles. The number of aromatic nitrogens is 2. The van der Waals surface area contributed by atoms with Crippen molar-refractivity contribution in [3.8, 4) is 0 Å². The lowest BCUT2D eigenvalue weighted by atomic mass is 10.1. The average molecular weight is 415 g/mol. The number of hydrogen-bond donors (Lipinski definition) is 0. The second-order valence-corrected chi connectivity index (χ2v) is 8.75. The van der Waals surface area contributed by atoms with Crippen LogP contribution in [0.2, 0.25) is 0 Å². The number of rotatable bonds is 5. The van der Waals surface area contributed by atoms with Crippen LogP contribution in [0.1, 0.15) is 37.9 Å². The van der Waals surface area contributed by atoms with Crippen molar-refractivity contribution in [1.82, 2.24) is 19.8 Å². The van der Waals surface area contributed by atoms with Crippen molar-refractivity contribution in [2.24, 2.45) is 0 Å². The lowest BCUT2D eigenvalue weighted by Gasteiger charge is -2.26. The second kappa shape index (κ2) is 10.4. The van der Waals surface area contributed by atoms with Crippen molar-refractivity contribution < 1.29 is 9.53 Å². The predicted molar refractivity (Wildman–Crippen MR) is 116 cm³/mol. The fourth-order valence-electron chi connectivity index (χ4n) is 3.95. The first-order valence-electron chi connectivity index (χ1n) is 10.8. The van der Waals surface area contributed by atoms with Crippen LogP contribution in [0.25, 0.3) is 10.9 Å². The standard InChI is InChI=1S/C22H30N4O2S/c27-21(26-10-6-2-1-3-7-11-26)17-29-22-18-8-4-5-9-19(18)23-20(24-22)16-25-12-14-28-15-13-25/h4-5,8-9H,1-3,6-7,10-17H2. The summed E-state index contributed by atoms with van der Waals surface area (Å²) in [6, 6.07) is 8.10. The van der Waals surface area contributed by atoms with Crippen molar-refractivity contribution in [3.05, 3.63) is 30.1 Å². The highest BCUT2D eigenvalue weighted by Crippen LogP contribution is 2.26. The maximum Gasteiger partial charge on any atom is 0.232 e. The molecule has 0 N–H and O–H groups in total. The SMILES string of the molecule is O=C(CSc1nc(CN2CCOCC2)nc2ccccc12)N1CCCCCCC1. The molecule has 1 aromatic heterocycles. The van der Waals surface area contributed by atoms with E-state index >= 15 is 0 Å². The van der Waals surface area contributed by atoms with E-state index in [1.165, 1.54) is 19.3 Å². The van der Waals surface area contributed by atoms with Crippen molar-refractivity contribution >= 4 is 28.6 Å². The first-order valence-corrected chi connectivity index (χ1v) is 11.7. The third kappa shape index (κ3) is 5.68. The maximum atomic E-state index is 12.8. The zero-order valence-electron chi connectivity index (χ0n) is 17.0. The van der Waals surface area contributed by atoms with Gasteiger partial charge in [-0.05, 0) is 18.9 Å². The molecule has 1 aromatic carbocycles. The van der Waals surface area contributed by atoms with Gasteiger partial charge in [0.05, 0.1) is 31.0 Å². The van der Waals surface area contributed by atoms with Crippen LogP contribution in [0.5, 0.6) is 0 Å². The van der Waals surface area contributed by atoms with Gasteiger partial charge in [-0.2, -0.15) is 0 Å². The average Bonchev–Trinajstić information content (AvgIpc) is 2.72. The number of thioether (sulfide) groups is 1. The van der Waals surface area contributed by atoms with Gasteiger partial charge in [0, 0.05) is 31.6 Å². The van der Waals surface area contributed by atoms with Crippen LogP contribution in [0, 0.1) is 0 Å². The molecule has 0 spiro atoms. The summed E-state index contributed by atoms with van der Waals surface area (Å²) in [5.74, 6) is 1.50. The Hall–Kier alpha value is -1.70. The van der Waals surface area contributed by atoms with Gasteiger partial charge in [-0.15, -0.1) is 0 Å². The Bertz CT molecular complexity index is 818. The lowest BCUT2D eigenvalue weighted by Crippen LogP contribution is -2.36. The van der Waals surface area contributed by atoms with Crippen LogP contribution in [-0.4, -0.2) is 70.8 Å². The first-order chi connectivity index (χ1) is 14.3. The molecule has 2 aromatic rings. The summed E-state index contributed by atoms with van der Waals surface area (Å²) < 4.78 is 5.44. The van der Waals surface area contributed by atoms with Gasteiger partial charge in [0.2, 0.25) is 5.91 Å². The Morgan fingerprint density at radius 1 is 0.966 bits per heavy atom. The van der Waals surface area contributed by atoms with Crippen LogP contribution in [-0.2, 0) is 16.1 Å². The normalized spacial score (nSPS) is 19.1. The number of nitrogens with zero attached hydrogens (tertiary/aromatic N) is 4. The van der Waals surface area contributed by atoms with Gasteiger partial charge in [0.1, 0.15) is 10.9 Å². The summed E-state index contributed by atoms with van der Waals surface area (Å²) in [5, 5.41) is 1.95. The molecule has 0 unspecified atom stereocenters. The minimum absolute atomic E-state index is 0.231. The molecule has 3 heterocycles. The number of amides is 1. The molecule has 2 saturated heterocycles. The fraction of sp³-hybridized carbons (Fsp3) is 0.591. The molecule has 0 radical (unpaired) electrons. The minimum atomic E-state index is 0.231. The number of carbonyl (C=O) groups is 1. The lowest BCUT2D eigenvalue weighted by molar-refractivity contribution is -0.128. The zero-order valence-corrected chi connectivity index (χ0v) is 17.8. The molecule has 4 rings (SSSR count). The van der Waals surface area contributed by atoms with Crippen LogP contribution < -0.4 is 0 Å². The van der Waals surface area contributed by atoms with Crippen LogP contribution >= 0.6 is 11.8 Å². The van der Waals surface area contributed by atoms with Gasteiger partial charge in [-0.3, -0.25) is 9.69 Å². The topological polar surface area (TPSA) is 58.6 Å². The Balaban J connectivity index is 1.47. The molecule has 1 amide bonds. The van der Waals surface area contributed by atoms with E-state index in [4.69, 9.17) is 14.7 Å². The molecular formula is C22H30N4O2S. The van der Waals surface area contributed by atoms with E-state index < -0.39 is 0 Å². The third-order valence-electron chi connectivity index (χ3n) is 5.62. The van der Waals surface area contributed by atoms with Crippen LogP contribution in [0.15, 0.2) is 29.3 Å². The van der Waals surface area contributed by atoms with E-state index in [0.29, 0.717) is 5.75 Å². The van der Waals surface area contributed by atoms with Crippen molar-refractivity contribution in [2.75, 3.05) is 45.1 Å². The monoisotopic (exact) mass is 414 g/mol. The molecule has 2 aliphatic heterocycles. The summed E-state index contributed by atoms with van der Waals surface area (Å²) in [5.41, 5.74) is 0.951. The number of hydrogen-bond acceptors (Lipinski definition) is 6. The van der Waals surface area contributed by atoms with Gasteiger partial charge in [0.15, 0.2) is 0 Å². The van der Waals surface area contributed by atoms with Crippen LogP contribution in [0.4, 0.5) is 0 Å². The maximum absolute atomic E-state index is 12.8. The number of carbonyl (C=O) groups excluding carboxylic acids is 1. The number of likely N-dealkylation sites (tertiary alicyclic amines) is 1. The molecule has 0 bridgehead atoms. The molecule has 2 fully saturated rings.